The molecule has 0 bridgehead atoms. The van der Waals surface area contributed by atoms with Gasteiger partial charge >= 0.3 is 0 Å². The Morgan fingerprint density at radius 3 is 2.19 bits per heavy atom. The fraction of sp³-hybridized carbons (Fsp3) is 0.588. The highest BCUT2D eigenvalue weighted by Crippen LogP contribution is 2.44. The average Bonchev–Trinajstić information content (AvgIpc) is 2.48. The van der Waals surface area contributed by atoms with E-state index in [9.17, 15) is 4.79 Å². The van der Waals surface area contributed by atoms with Crippen LogP contribution in [-0.2, 0) is 10.3 Å². The van der Waals surface area contributed by atoms with Gasteiger partial charge in [0.25, 0.3) is 0 Å². The summed E-state index contributed by atoms with van der Waals surface area (Å²) in [4.78, 5) is 13.8. The van der Waals surface area contributed by atoms with E-state index < -0.39 is 0 Å². The summed E-state index contributed by atoms with van der Waals surface area (Å²) in [5.41, 5.74) is 7.12. The van der Waals surface area contributed by atoms with Crippen LogP contribution in [0.4, 0.5) is 0 Å². The van der Waals surface area contributed by atoms with Crippen molar-refractivity contribution in [2.45, 2.75) is 43.7 Å². The molecule has 1 amide bonds. The highest BCUT2D eigenvalue weighted by atomic mass is 16.1. The lowest BCUT2D eigenvalue weighted by atomic mass is 9.68. The summed E-state index contributed by atoms with van der Waals surface area (Å²) in [6.07, 6.45) is 3.83. The average molecular weight is 289 g/mol. The van der Waals surface area contributed by atoms with Crippen molar-refractivity contribution in [1.82, 2.24) is 10.2 Å². The number of nitrogens with zero attached hydrogens (tertiary/aromatic N) is 1. The molecule has 21 heavy (non-hydrogen) atoms. The van der Waals surface area contributed by atoms with Crippen LogP contribution in [0.1, 0.15) is 38.2 Å². The van der Waals surface area contributed by atoms with Crippen molar-refractivity contribution in [3.63, 3.8) is 0 Å². The van der Waals surface area contributed by atoms with Crippen molar-refractivity contribution in [1.29, 1.82) is 0 Å². The molecule has 0 aliphatic heterocycles. The number of amides is 1. The van der Waals surface area contributed by atoms with Gasteiger partial charge in [-0.15, -0.1) is 0 Å². The first-order valence-electron chi connectivity index (χ1n) is 7.66. The summed E-state index contributed by atoms with van der Waals surface area (Å²) >= 11 is 0. The van der Waals surface area contributed by atoms with Gasteiger partial charge in [-0.25, -0.2) is 0 Å². The largest absolute Gasteiger partial charge is 0.350 e. The van der Waals surface area contributed by atoms with Crippen molar-refractivity contribution in [3.8, 4) is 0 Å². The van der Waals surface area contributed by atoms with Crippen LogP contribution in [0.5, 0.6) is 0 Å². The molecule has 0 aromatic heterocycles. The van der Waals surface area contributed by atoms with Crippen LogP contribution in [0.15, 0.2) is 30.3 Å². The minimum absolute atomic E-state index is 0.0116. The minimum Gasteiger partial charge on any atom is -0.350 e. The maximum absolute atomic E-state index is 11.5. The number of carbonyl (C=O) groups excluding carboxylic acids is 1. The molecule has 0 saturated heterocycles. The maximum Gasteiger partial charge on any atom is 0.217 e. The second-order valence-electron chi connectivity index (χ2n) is 6.46. The third kappa shape index (κ3) is 3.11. The number of carbonyl (C=O) groups is 1. The Labute approximate surface area is 127 Å². The lowest BCUT2D eigenvalue weighted by molar-refractivity contribution is -0.121. The summed E-state index contributed by atoms with van der Waals surface area (Å²) in [5.74, 6) is 0.0116. The van der Waals surface area contributed by atoms with Crippen LogP contribution in [0.3, 0.4) is 0 Å². The highest BCUT2D eigenvalue weighted by Gasteiger charge is 2.44. The van der Waals surface area contributed by atoms with E-state index in [1.54, 1.807) is 6.92 Å². The van der Waals surface area contributed by atoms with E-state index >= 15 is 0 Å². The Bertz CT molecular complexity index is 476. The Balaban J connectivity index is 2.24. The van der Waals surface area contributed by atoms with E-state index in [0.717, 1.165) is 25.7 Å². The topological polar surface area (TPSA) is 58.4 Å². The van der Waals surface area contributed by atoms with Gasteiger partial charge in [-0.1, -0.05) is 30.3 Å². The zero-order valence-corrected chi connectivity index (χ0v) is 13.4. The van der Waals surface area contributed by atoms with Crippen LogP contribution < -0.4 is 11.1 Å². The first-order chi connectivity index (χ1) is 9.94. The van der Waals surface area contributed by atoms with Crippen LogP contribution in [0.2, 0.25) is 0 Å². The molecule has 1 aromatic rings. The predicted molar refractivity (Wildman–Crippen MR) is 85.9 cm³/mol. The molecule has 0 heterocycles. The van der Waals surface area contributed by atoms with Gasteiger partial charge in [0.15, 0.2) is 0 Å². The summed E-state index contributed by atoms with van der Waals surface area (Å²) in [5, 5.41) is 3.09. The van der Waals surface area contributed by atoms with Gasteiger partial charge in [0.05, 0.1) is 5.54 Å². The highest BCUT2D eigenvalue weighted by molar-refractivity contribution is 5.73. The van der Waals surface area contributed by atoms with Crippen LogP contribution >= 0.6 is 0 Å². The third-order valence-corrected chi connectivity index (χ3v) is 5.03. The predicted octanol–water partition coefficient (Wildman–Crippen LogP) is 1.85. The summed E-state index contributed by atoms with van der Waals surface area (Å²) < 4.78 is 0. The van der Waals surface area contributed by atoms with Crippen molar-refractivity contribution in [2.75, 3.05) is 20.6 Å². The standard InChI is InChI=1S/C17H27N3O/c1-14(21)19-16(13-18)9-11-17(12-10-16,20(2)3)15-7-5-4-6-8-15/h4-8H,9-13,18H2,1-3H3,(H,19,21). The Kier molecular flexibility index (Phi) is 4.69. The first-order valence-corrected chi connectivity index (χ1v) is 7.66. The zero-order valence-electron chi connectivity index (χ0n) is 13.4. The molecule has 1 saturated carbocycles. The van der Waals surface area contributed by atoms with E-state index in [1.165, 1.54) is 5.56 Å². The molecule has 4 heteroatoms. The molecule has 2 rings (SSSR count). The van der Waals surface area contributed by atoms with Gasteiger partial charge in [0.1, 0.15) is 0 Å². The Morgan fingerprint density at radius 1 is 1.19 bits per heavy atom. The molecular formula is C17H27N3O. The van der Waals surface area contributed by atoms with Gasteiger partial charge in [0, 0.05) is 19.0 Å². The molecule has 3 N–H and O–H groups in total. The van der Waals surface area contributed by atoms with Crippen molar-refractivity contribution < 1.29 is 4.79 Å². The third-order valence-electron chi connectivity index (χ3n) is 5.03. The molecular weight excluding hydrogens is 262 g/mol. The maximum atomic E-state index is 11.5. The van der Waals surface area contributed by atoms with Gasteiger partial charge in [-0.3, -0.25) is 9.69 Å². The molecule has 1 aliphatic rings. The van der Waals surface area contributed by atoms with E-state index in [1.807, 2.05) is 0 Å². The van der Waals surface area contributed by atoms with E-state index in [-0.39, 0.29) is 17.0 Å². The zero-order chi connectivity index (χ0) is 15.5. The SMILES string of the molecule is CC(=O)NC1(CN)CCC(c2ccccc2)(N(C)C)CC1. The van der Waals surface area contributed by atoms with Crippen LogP contribution in [0.25, 0.3) is 0 Å². The lowest BCUT2D eigenvalue weighted by Gasteiger charge is -2.50. The van der Waals surface area contributed by atoms with E-state index in [0.29, 0.717) is 6.54 Å². The summed E-state index contributed by atoms with van der Waals surface area (Å²) in [6, 6.07) is 10.7. The molecule has 0 radical (unpaired) electrons. The second-order valence-corrected chi connectivity index (χ2v) is 6.46. The number of benzene rings is 1. The van der Waals surface area contributed by atoms with Gasteiger partial charge < -0.3 is 11.1 Å². The van der Waals surface area contributed by atoms with E-state index in [2.05, 4.69) is 54.6 Å². The molecule has 0 spiro atoms. The van der Waals surface area contributed by atoms with Gasteiger partial charge in [0.2, 0.25) is 5.91 Å². The number of hydrogen-bond acceptors (Lipinski definition) is 3. The fourth-order valence-electron chi connectivity index (χ4n) is 3.64. The Hall–Kier alpha value is -1.39. The first kappa shape index (κ1) is 16.0. The fourth-order valence-corrected chi connectivity index (χ4v) is 3.64. The molecule has 1 aromatic carbocycles. The number of nitrogens with one attached hydrogen (secondary N) is 1. The van der Waals surface area contributed by atoms with Gasteiger partial charge in [-0.2, -0.15) is 0 Å². The Morgan fingerprint density at radius 2 is 1.76 bits per heavy atom. The molecule has 0 atom stereocenters. The number of hydrogen-bond donors (Lipinski definition) is 2. The smallest absolute Gasteiger partial charge is 0.217 e. The molecule has 1 aliphatic carbocycles. The van der Waals surface area contributed by atoms with Gasteiger partial charge in [-0.05, 0) is 45.3 Å². The lowest BCUT2D eigenvalue weighted by Crippen LogP contribution is -2.59. The van der Waals surface area contributed by atoms with Crippen molar-refractivity contribution >= 4 is 5.91 Å². The molecule has 4 nitrogen and oxygen atoms in total. The molecule has 1 fully saturated rings. The quantitative estimate of drug-likeness (QED) is 0.889. The van der Waals surface area contributed by atoms with E-state index in [4.69, 9.17) is 5.73 Å². The van der Waals surface area contributed by atoms with Crippen LogP contribution in [0, 0.1) is 0 Å². The molecule has 116 valence electrons. The molecule has 0 unspecified atom stereocenters. The second kappa shape index (κ2) is 6.16. The number of rotatable bonds is 4. The minimum atomic E-state index is -0.236. The monoisotopic (exact) mass is 289 g/mol. The van der Waals surface area contributed by atoms with Crippen molar-refractivity contribution in [3.05, 3.63) is 35.9 Å². The summed E-state index contributed by atoms with van der Waals surface area (Å²) in [6.45, 7) is 2.08. The van der Waals surface area contributed by atoms with Crippen LogP contribution in [-0.4, -0.2) is 37.0 Å². The normalized spacial score (nSPS) is 29.4. The number of nitrogens with two attached hydrogens (primary N) is 1. The summed E-state index contributed by atoms with van der Waals surface area (Å²) in [7, 11) is 4.28. The van der Waals surface area contributed by atoms with Crippen molar-refractivity contribution in [2.24, 2.45) is 5.73 Å².